The predicted octanol–water partition coefficient (Wildman–Crippen LogP) is 3.44. The summed E-state index contributed by atoms with van der Waals surface area (Å²) in [5, 5.41) is 10.2. The van der Waals surface area contributed by atoms with Crippen molar-refractivity contribution in [1.29, 1.82) is 0 Å². The Balaban J connectivity index is 2.33. The second-order valence-electron chi connectivity index (χ2n) is 4.14. The third kappa shape index (κ3) is 1.45. The highest BCUT2D eigenvalue weighted by Gasteiger charge is 2.29. The molecule has 1 aliphatic carbocycles. The van der Waals surface area contributed by atoms with Crippen LogP contribution in [-0.4, -0.2) is 15.6 Å². The fourth-order valence-corrected chi connectivity index (χ4v) is 2.43. The number of carboxylic acids is 1. The van der Waals surface area contributed by atoms with E-state index in [1.807, 2.05) is 22.8 Å². The Morgan fingerprint density at radius 2 is 2.12 bits per heavy atom. The van der Waals surface area contributed by atoms with Crippen LogP contribution in [0.4, 0.5) is 0 Å². The summed E-state index contributed by atoms with van der Waals surface area (Å²) in [6, 6.07) is 8.00. The average molecular weight is 280 g/mol. The van der Waals surface area contributed by atoms with Crippen LogP contribution in [0.1, 0.15) is 29.4 Å². The normalized spacial score (nSPS) is 15.6. The third-order valence-electron chi connectivity index (χ3n) is 2.93. The van der Waals surface area contributed by atoms with Crippen molar-refractivity contribution in [2.45, 2.75) is 18.9 Å². The Morgan fingerprint density at radius 1 is 1.38 bits per heavy atom. The molecule has 0 atom stereocenters. The first-order chi connectivity index (χ1) is 7.66. The number of nitrogens with zero attached hydrogens (tertiary/aromatic N) is 1. The minimum absolute atomic E-state index is 0.373. The molecule has 1 saturated carbocycles. The largest absolute Gasteiger partial charge is 0.477 e. The van der Waals surface area contributed by atoms with E-state index in [9.17, 15) is 9.90 Å². The number of aromatic carboxylic acids is 1. The highest BCUT2D eigenvalue weighted by Crippen LogP contribution is 2.40. The van der Waals surface area contributed by atoms with Crippen LogP contribution >= 0.6 is 15.9 Å². The molecule has 0 bridgehead atoms. The molecule has 82 valence electrons. The van der Waals surface area contributed by atoms with Crippen molar-refractivity contribution < 1.29 is 9.90 Å². The molecule has 1 aliphatic rings. The van der Waals surface area contributed by atoms with Crippen LogP contribution in [-0.2, 0) is 0 Å². The summed E-state index contributed by atoms with van der Waals surface area (Å²) >= 11 is 3.42. The number of aromatic nitrogens is 1. The molecule has 1 heterocycles. The van der Waals surface area contributed by atoms with Gasteiger partial charge < -0.3 is 9.67 Å². The van der Waals surface area contributed by atoms with Gasteiger partial charge in [-0.3, -0.25) is 0 Å². The second kappa shape index (κ2) is 3.35. The van der Waals surface area contributed by atoms with Gasteiger partial charge in [0.25, 0.3) is 0 Å². The van der Waals surface area contributed by atoms with Crippen LogP contribution in [0.15, 0.2) is 28.7 Å². The molecule has 3 nitrogen and oxygen atoms in total. The molecule has 16 heavy (non-hydrogen) atoms. The van der Waals surface area contributed by atoms with E-state index in [0.29, 0.717) is 11.7 Å². The standard InChI is InChI=1S/C12H10BrNO2/c13-8-2-1-7-5-11(12(15)16)14(9-3-4-9)10(7)6-8/h1-2,5-6,9H,3-4H2,(H,15,16). The van der Waals surface area contributed by atoms with Gasteiger partial charge in [0.05, 0.1) is 5.52 Å². The molecule has 0 unspecified atom stereocenters. The van der Waals surface area contributed by atoms with Crippen molar-refractivity contribution in [3.8, 4) is 0 Å². The Bertz CT molecular complexity index is 584. The van der Waals surface area contributed by atoms with Crippen molar-refractivity contribution in [2.24, 2.45) is 0 Å². The number of hydrogen-bond acceptors (Lipinski definition) is 1. The van der Waals surface area contributed by atoms with E-state index in [4.69, 9.17) is 0 Å². The molecule has 3 rings (SSSR count). The molecular formula is C12H10BrNO2. The number of hydrogen-bond donors (Lipinski definition) is 1. The van der Waals surface area contributed by atoms with Crippen LogP contribution in [0.25, 0.3) is 10.9 Å². The molecule has 1 aromatic carbocycles. The number of carboxylic acid groups (broad SMARTS) is 1. The maximum absolute atomic E-state index is 11.2. The molecule has 0 amide bonds. The average Bonchev–Trinajstić information content (AvgIpc) is 2.99. The van der Waals surface area contributed by atoms with Crippen LogP contribution in [0.5, 0.6) is 0 Å². The van der Waals surface area contributed by atoms with Crippen LogP contribution in [0, 0.1) is 0 Å². The van der Waals surface area contributed by atoms with Gasteiger partial charge in [-0.25, -0.2) is 4.79 Å². The number of rotatable bonds is 2. The molecule has 4 heteroatoms. The topological polar surface area (TPSA) is 42.2 Å². The van der Waals surface area contributed by atoms with Crippen molar-refractivity contribution in [1.82, 2.24) is 4.57 Å². The maximum Gasteiger partial charge on any atom is 0.352 e. The minimum Gasteiger partial charge on any atom is -0.477 e. The monoisotopic (exact) mass is 279 g/mol. The fourth-order valence-electron chi connectivity index (χ4n) is 2.09. The lowest BCUT2D eigenvalue weighted by Gasteiger charge is -2.05. The van der Waals surface area contributed by atoms with E-state index < -0.39 is 5.97 Å². The zero-order chi connectivity index (χ0) is 11.3. The maximum atomic E-state index is 11.2. The van der Waals surface area contributed by atoms with Crippen molar-refractivity contribution in [3.05, 3.63) is 34.4 Å². The first kappa shape index (κ1) is 9.90. The number of carbonyl (C=O) groups is 1. The van der Waals surface area contributed by atoms with E-state index in [0.717, 1.165) is 28.2 Å². The number of halogens is 1. The minimum atomic E-state index is -0.848. The first-order valence-electron chi connectivity index (χ1n) is 5.20. The zero-order valence-corrected chi connectivity index (χ0v) is 10.1. The summed E-state index contributed by atoms with van der Waals surface area (Å²) < 4.78 is 2.93. The van der Waals surface area contributed by atoms with E-state index >= 15 is 0 Å². The molecule has 1 N–H and O–H groups in total. The fraction of sp³-hybridized carbons (Fsp3) is 0.250. The lowest BCUT2D eigenvalue weighted by molar-refractivity contribution is 0.0685. The summed E-state index contributed by atoms with van der Waals surface area (Å²) in [4.78, 5) is 11.2. The Kier molecular flexibility index (Phi) is 2.07. The first-order valence-corrected chi connectivity index (χ1v) is 6.00. The summed E-state index contributed by atoms with van der Waals surface area (Å²) in [7, 11) is 0. The Morgan fingerprint density at radius 3 is 2.75 bits per heavy atom. The van der Waals surface area contributed by atoms with Gasteiger partial charge in [-0.05, 0) is 31.0 Å². The van der Waals surface area contributed by atoms with Crippen LogP contribution in [0.2, 0.25) is 0 Å². The smallest absolute Gasteiger partial charge is 0.352 e. The number of benzene rings is 1. The van der Waals surface area contributed by atoms with Crippen molar-refractivity contribution in [3.63, 3.8) is 0 Å². The molecular weight excluding hydrogens is 270 g/mol. The molecule has 2 aromatic rings. The second-order valence-corrected chi connectivity index (χ2v) is 5.05. The van der Waals surface area contributed by atoms with Crippen LogP contribution < -0.4 is 0 Å². The Labute approximate surface area is 101 Å². The van der Waals surface area contributed by atoms with E-state index in [-0.39, 0.29) is 0 Å². The van der Waals surface area contributed by atoms with Gasteiger partial charge in [0.15, 0.2) is 0 Å². The van der Waals surface area contributed by atoms with E-state index in [2.05, 4.69) is 15.9 Å². The highest BCUT2D eigenvalue weighted by molar-refractivity contribution is 9.10. The molecule has 1 fully saturated rings. The van der Waals surface area contributed by atoms with E-state index in [1.165, 1.54) is 0 Å². The van der Waals surface area contributed by atoms with Gasteiger partial charge in [-0.1, -0.05) is 22.0 Å². The number of fused-ring (bicyclic) bond motifs is 1. The molecule has 0 saturated heterocycles. The van der Waals surface area contributed by atoms with Crippen molar-refractivity contribution in [2.75, 3.05) is 0 Å². The van der Waals surface area contributed by atoms with Gasteiger partial charge in [0.1, 0.15) is 5.69 Å². The van der Waals surface area contributed by atoms with E-state index in [1.54, 1.807) is 6.07 Å². The lowest BCUT2D eigenvalue weighted by atomic mass is 10.2. The highest BCUT2D eigenvalue weighted by atomic mass is 79.9. The summed E-state index contributed by atoms with van der Waals surface area (Å²) in [6.07, 6.45) is 2.16. The summed E-state index contributed by atoms with van der Waals surface area (Å²) in [6.45, 7) is 0. The zero-order valence-electron chi connectivity index (χ0n) is 8.48. The van der Waals surface area contributed by atoms with Gasteiger partial charge in [0, 0.05) is 15.9 Å². The van der Waals surface area contributed by atoms with Gasteiger partial charge in [-0.15, -0.1) is 0 Å². The van der Waals surface area contributed by atoms with Crippen LogP contribution in [0.3, 0.4) is 0 Å². The van der Waals surface area contributed by atoms with Gasteiger partial charge in [0.2, 0.25) is 0 Å². The lowest BCUT2D eigenvalue weighted by Crippen LogP contribution is -2.06. The molecule has 0 radical (unpaired) electrons. The SMILES string of the molecule is O=C(O)c1cc2ccc(Br)cc2n1C1CC1. The van der Waals surface area contributed by atoms with Gasteiger partial charge in [-0.2, -0.15) is 0 Å². The van der Waals surface area contributed by atoms with Crippen molar-refractivity contribution >= 4 is 32.8 Å². The Hall–Kier alpha value is -1.29. The summed E-state index contributed by atoms with van der Waals surface area (Å²) in [5.41, 5.74) is 1.41. The molecule has 1 aromatic heterocycles. The predicted molar refractivity (Wildman–Crippen MR) is 64.9 cm³/mol. The summed E-state index contributed by atoms with van der Waals surface area (Å²) in [5.74, 6) is -0.848. The third-order valence-corrected chi connectivity index (χ3v) is 3.43. The molecule has 0 aliphatic heterocycles. The van der Waals surface area contributed by atoms with Gasteiger partial charge >= 0.3 is 5.97 Å². The quantitative estimate of drug-likeness (QED) is 0.915. The molecule has 0 spiro atoms.